The molecule has 0 aliphatic carbocycles. The number of carbonyl (C=O) groups is 1. The summed E-state index contributed by atoms with van der Waals surface area (Å²) in [6.07, 6.45) is 0. The molecule has 3 aromatic rings. The van der Waals surface area contributed by atoms with E-state index < -0.39 is 0 Å². The molecular formula is C21H25N5O2S. The zero-order valence-corrected chi connectivity index (χ0v) is 17.9. The topological polar surface area (TPSA) is 73.1 Å². The fraction of sp³-hybridized carbons (Fsp3) is 0.333. The first-order valence-corrected chi connectivity index (χ1v) is 10.4. The maximum atomic E-state index is 12.6. The van der Waals surface area contributed by atoms with Gasteiger partial charge in [0.15, 0.2) is 0 Å². The monoisotopic (exact) mass is 411 g/mol. The molecule has 0 aliphatic heterocycles. The van der Waals surface area contributed by atoms with E-state index in [0.29, 0.717) is 18.3 Å². The molecule has 1 amide bonds. The molecule has 1 heterocycles. The van der Waals surface area contributed by atoms with Gasteiger partial charge in [-0.25, -0.2) is 0 Å². The molecule has 0 bridgehead atoms. The number of hydrogen-bond donors (Lipinski definition) is 0. The van der Waals surface area contributed by atoms with Crippen molar-refractivity contribution in [2.24, 2.45) is 0 Å². The van der Waals surface area contributed by atoms with Gasteiger partial charge >= 0.3 is 0 Å². The number of tetrazole rings is 1. The second kappa shape index (κ2) is 9.56. The van der Waals surface area contributed by atoms with Crippen LogP contribution < -0.4 is 4.74 Å². The number of thioether (sulfide) groups is 1. The van der Waals surface area contributed by atoms with Crippen LogP contribution in [0.25, 0.3) is 5.69 Å². The summed E-state index contributed by atoms with van der Waals surface area (Å²) < 4.78 is 7.11. The first kappa shape index (κ1) is 20.9. The molecule has 8 heteroatoms. The fourth-order valence-corrected chi connectivity index (χ4v) is 3.58. The Bertz CT molecular complexity index is 971. The summed E-state index contributed by atoms with van der Waals surface area (Å²) in [6, 6.07) is 13.8. The summed E-state index contributed by atoms with van der Waals surface area (Å²) in [5.74, 6) is 1.11. The van der Waals surface area contributed by atoms with E-state index in [-0.39, 0.29) is 11.7 Å². The zero-order valence-electron chi connectivity index (χ0n) is 17.1. The Morgan fingerprint density at radius 2 is 1.90 bits per heavy atom. The molecule has 29 heavy (non-hydrogen) atoms. The first-order chi connectivity index (χ1) is 14.0. The Balaban J connectivity index is 1.59. The fourth-order valence-electron chi connectivity index (χ4n) is 2.74. The van der Waals surface area contributed by atoms with E-state index >= 15 is 0 Å². The van der Waals surface area contributed by atoms with Gasteiger partial charge in [0.25, 0.3) is 0 Å². The molecule has 0 saturated carbocycles. The molecule has 0 N–H and O–H groups in total. The molecular weight excluding hydrogens is 386 g/mol. The van der Waals surface area contributed by atoms with Crippen molar-refractivity contribution < 1.29 is 9.53 Å². The molecule has 2 aromatic carbocycles. The number of amides is 1. The summed E-state index contributed by atoms with van der Waals surface area (Å²) in [7, 11) is 1.80. The number of carbonyl (C=O) groups excluding carboxylic acids is 1. The van der Waals surface area contributed by atoms with E-state index in [9.17, 15) is 4.79 Å². The van der Waals surface area contributed by atoms with Gasteiger partial charge in [0.05, 0.1) is 18.0 Å². The van der Waals surface area contributed by atoms with E-state index in [1.807, 2.05) is 49.4 Å². The van der Waals surface area contributed by atoms with E-state index in [4.69, 9.17) is 4.74 Å². The Morgan fingerprint density at radius 1 is 1.14 bits per heavy atom. The second-order valence-corrected chi connectivity index (χ2v) is 7.70. The van der Waals surface area contributed by atoms with Crippen molar-refractivity contribution in [2.45, 2.75) is 32.5 Å². The number of benzene rings is 2. The van der Waals surface area contributed by atoms with E-state index in [2.05, 4.69) is 29.4 Å². The third-order valence-electron chi connectivity index (χ3n) is 4.58. The lowest BCUT2D eigenvalue weighted by atomic mass is 10.1. The number of nitrogens with zero attached hydrogens (tertiary/aromatic N) is 5. The molecule has 0 aliphatic rings. The largest absolute Gasteiger partial charge is 0.494 e. The predicted octanol–water partition coefficient (Wildman–Crippen LogP) is 3.43. The van der Waals surface area contributed by atoms with Crippen molar-refractivity contribution in [3.05, 3.63) is 59.2 Å². The molecule has 152 valence electrons. The normalized spacial score (nSPS) is 10.8. The van der Waals surface area contributed by atoms with E-state index in [0.717, 1.165) is 17.0 Å². The molecule has 0 radical (unpaired) electrons. The van der Waals surface area contributed by atoms with Crippen LogP contribution in [0.4, 0.5) is 0 Å². The standard InChI is InChI=1S/C21H25N5O2S/c1-5-28-19-10-7-17(8-11-19)13-25(4)20(27)14-29-21-22-23-24-26(21)18-9-6-15(2)16(3)12-18/h6-12H,5,13-14H2,1-4H3. The summed E-state index contributed by atoms with van der Waals surface area (Å²) in [6.45, 7) is 7.24. The van der Waals surface area contributed by atoms with E-state index in [1.54, 1.807) is 16.6 Å². The smallest absolute Gasteiger partial charge is 0.233 e. The molecule has 3 rings (SSSR count). The maximum absolute atomic E-state index is 12.6. The Morgan fingerprint density at radius 3 is 2.59 bits per heavy atom. The van der Waals surface area contributed by atoms with Gasteiger partial charge in [-0.1, -0.05) is 30.0 Å². The SMILES string of the molecule is CCOc1ccc(CN(C)C(=O)CSc2nnnn2-c2ccc(C)c(C)c2)cc1. The quantitative estimate of drug-likeness (QED) is 0.529. The van der Waals surface area contributed by atoms with Gasteiger partial charge in [-0.2, -0.15) is 4.68 Å². The van der Waals surface area contributed by atoms with Gasteiger partial charge < -0.3 is 9.64 Å². The van der Waals surface area contributed by atoms with Crippen LogP contribution in [0.5, 0.6) is 5.75 Å². The van der Waals surface area contributed by atoms with Gasteiger partial charge in [0, 0.05) is 13.6 Å². The van der Waals surface area contributed by atoms with Crippen LogP contribution in [0, 0.1) is 13.8 Å². The number of aryl methyl sites for hydroxylation is 2. The maximum Gasteiger partial charge on any atom is 0.233 e. The Hall–Kier alpha value is -2.87. The van der Waals surface area contributed by atoms with Gasteiger partial charge in [-0.3, -0.25) is 4.79 Å². The average Bonchev–Trinajstić information content (AvgIpc) is 3.18. The molecule has 0 unspecified atom stereocenters. The Labute approximate surface area is 175 Å². The van der Waals surface area contributed by atoms with Crippen LogP contribution in [0.1, 0.15) is 23.6 Å². The lowest BCUT2D eigenvalue weighted by Gasteiger charge is -2.17. The van der Waals surface area contributed by atoms with Gasteiger partial charge in [-0.05, 0) is 72.2 Å². The highest BCUT2D eigenvalue weighted by Gasteiger charge is 2.15. The second-order valence-electron chi connectivity index (χ2n) is 6.76. The third-order valence-corrected chi connectivity index (χ3v) is 5.48. The minimum absolute atomic E-state index is 0.0125. The first-order valence-electron chi connectivity index (χ1n) is 9.42. The van der Waals surface area contributed by atoms with Crippen molar-refractivity contribution in [1.29, 1.82) is 0 Å². The van der Waals surface area contributed by atoms with Crippen LogP contribution in [0.3, 0.4) is 0 Å². The van der Waals surface area contributed by atoms with Crippen LogP contribution in [-0.4, -0.2) is 50.4 Å². The summed E-state index contributed by atoms with van der Waals surface area (Å²) >= 11 is 1.33. The minimum Gasteiger partial charge on any atom is -0.494 e. The summed E-state index contributed by atoms with van der Waals surface area (Å²) in [5.41, 5.74) is 4.31. The number of rotatable bonds is 8. The van der Waals surface area contributed by atoms with Gasteiger partial charge in [0.2, 0.25) is 11.1 Å². The third kappa shape index (κ3) is 5.35. The highest BCUT2D eigenvalue weighted by Crippen LogP contribution is 2.21. The molecule has 0 atom stereocenters. The number of aromatic nitrogens is 4. The van der Waals surface area contributed by atoms with Gasteiger partial charge in [0.1, 0.15) is 5.75 Å². The molecule has 1 aromatic heterocycles. The van der Waals surface area contributed by atoms with Crippen LogP contribution in [0.2, 0.25) is 0 Å². The highest BCUT2D eigenvalue weighted by molar-refractivity contribution is 7.99. The van der Waals surface area contributed by atoms with Crippen LogP contribution >= 0.6 is 11.8 Å². The van der Waals surface area contributed by atoms with Crippen molar-refractivity contribution in [2.75, 3.05) is 19.4 Å². The van der Waals surface area contributed by atoms with Crippen molar-refractivity contribution in [3.8, 4) is 11.4 Å². The van der Waals surface area contributed by atoms with Crippen molar-refractivity contribution in [1.82, 2.24) is 25.1 Å². The van der Waals surface area contributed by atoms with E-state index in [1.165, 1.54) is 22.9 Å². The summed E-state index contributed by atoms with van der Waals surface area (Å²) in [4.78, 5) is 14.3. The number of ether oxygens (including phenoxy) is 1. The predicted molar refractivity (Wildman–Crippen MR) is 113 cm³/mol. The number of hydrogen-bond acceptors (Lipinski definition) is 6. The van der Waals surface area contributed by atoms with Crippen molar-refractivity contribution in [3.63, 3.8) is 0 Å². The molecule has 7 nitrogen and oxygen atoms in total. The zero-order chi connectivity index (χ0) is 20.8. The summed E-state index contributed by atoms with van der Waals surface area (Å²) in [5, 5.41) is 12.5. The lowest BCUT2D eigenvalue weighted by Crippen LogP contribution is -2.27. The Kier molecular flexibility index (Phi) is 6.87. The van der Waals surface area contributed by atoms with Crippen molar-refractivity contribution >= 4 is 17.7 Å². The molecule has 0 saturated heterocycles. The lowest BCUT2D eigenvalue weighted by molar-refractivity contribution is -0.127. The average molecular weight is 412 g/mol. The van der Waals surface area contributed by atoms with Crippen LogP contribution in [0.15, 0.2) is 47.6 Å². The highest BCUT2D eigenvalue weighted by atomic mass is 32.2. The molecule has 0 spiro atoms. The van der Waals surface area contributed by atoms with Gasteiger partial charge in [-0.15, -0.1) is 5.10 Å². The minimum atomic E-state index is 0.0125. The van der Waals surface area contributed by atoms with Crippen LogP contribution in [-0.2, 0) is 11.3 Å². The molecule has 0 fully saturated rings.